The molecule has 6 nitrogen and oxygen atoms in total. The minimum atomic E-state index is -0.835. The van der Waals surface area contributed by atoms with Crippen LogP contribution in [0.15, 0.2) is 24.5 Å². The molecule has 8 heteroatoms. The number of esters is 1. The van der Waals surface area contributed by atoms with E-state index >= 15 is 0 Å². The minimum absolute atomic E-state index is 0. The van der Waals surface area contributed by atoms with Crippen molar-refractivity contribution in [2.75, 3.05) is 13.7 Å². The van der Waals surface area contributed by atoms with Gasteiger partial charge in [-0.2, -0.15) is 0 Å². The monoisotopic (exact) mass is 295 g/mol. The van der Waals surface area contributed by atoms with Gasteiger partial charge in [0.25, 0.3) is 0 Å². The van der Waals surface area contributed by atoms with Crippen LogP contribution in [0.2, 0.25) is 0 Å². The van der Waals surface area contributed by atoms with E-state index in [0.29, 0.717) is 5.56 Å². The van der Waals surface area contributed by atoms with Crippen molar-refractivity contribution in [1.29, 1.82) is 0 Å². The Bertz CT molecular complexity index is 376. The van der Waals surface area contributed by atoms with E-state index in [-0.39, 0.29) is 31.4 Å². The summed E-state index contributed by atoms with van der Waals surface area (Å²) in [7, 11) is 1.25. The molecule has 0 aromatic carbocycles. The average molecular weight is 296 g/mol. The molecule has 1 atom stereocenters. The Hall–Kier alpha value is -1.37. The molecule has 1 aromatic rings. The summed E-state index contributed by atoms with van der Waals surface area (Å²) in [6, 6.07) is 2.54. The lowest BCUT2D eigenvalue weighted by Gasteiger charge is -2.11. The summed E-state index contributed by atoms with van der Waals surface area (Å²) in [6.45, 7) is -0.191. The highest BCUT2D eigenvalue weighted by molar-refractivity contribution is 5.86. The highest BCUT2D eigenvalue weighted by Crippen LogP contribution is 2.07. The van der Waals surface area contributed by atoms with Gasteiger partial charge in [0.2, 0.25) is 5.91 Å². The minimum Gasteiger partial charge on any atom is -0.468 e. The summed E-state index contributed by atoms with van der Waals surface area (Å²) in [5.41, 5.74) is 6.25. The molecular weight excluding hydrogens is 281 g/mol. The summed E-state index contributed by atoms with van der Waals surface area (Å²) < 4.78 is 4.38. The van der Waals surface area contributed by atoms with Crippen molar-refractivity contribution in [2.24, 2.45) is 5.73 Å². The van der Waals surface area contributed by atoms with E-state index in [1.807, 2.05) is 0 Å². The number of aromatic nitrogens is 1. The number of nitrogens with one attached hydrogen (secondary N) is 1. The normalized spacial score (nSPS) is 10.3. The van der Waals surface area contributed by atoms with Crippen molar-refractivity contribution in [3.63, 3.8) is 0 Å². The van der Waals surface area contributed by atoms with E-state index < -0.39 is 17.9 Å². The molecule has 0 aliphatic heterocycles. The van der Waals surface area contributed by atoms with Gasteiger partial charge in [0, 0.05) is 12.4 Å². The van der Waals surface area contributed by atoms with Gasteiger partial charge in [-0.15, -0.1) is 24.8 Å². The number of nitrogens with zero attached hydrogens (tertiary/aromatic N) is 1. The van der Waals surface area contributed by atoms with Crippen LogP contribution >= 0.6 is 24.8 Å². The second kappa shape index (κ2) is 9.64. The third kappa shape index (κ3) is 5.81. The number of rotatable bonds is 4. The maximum absolute atomic E-state index is 11.5. The van der Waals surface area contributed by atoms with Crippen LogP contribution in [0.4, 0.5) is 0 Å². The Morgan fingerprint density at radius 1 is 1.50 bits per heavy atom. The van der Waals surface area contributed by atoms with Crippen molar-refractivity contribution >= 4 is 36.7 Å². The Morgan fingerprint density at radius 3 is 2.67 bits per heavy atom. The first-order valence-corrected chi connectivity index (χ1v) is 4.65. The molecule has 1 unspecified atom stereocenters. The van der Waals surface area contributed by atoms with Gasteiger partial charge in [-0.05, 0) is 11.6 Å². The lowest BCUT2D eigenvalue weighted by molar-refractivity contribution is -0.141. The highest BCUT2D eigenvalue weighted by Gasteiger charge is 2.16. The molecule has 1 amide bonds. The third-order valence-corrected chi connectivity index (χ3v) is 1.96. The number of carbonyl (C=O) groups is 2. The van der Waals surface area contributed by atoms with Crippen LogP contribution in [-0.2, 0) is 14.3 Å². The van der Waals surface area contributed by atoms with Crippen LogP contribution in [0, 0.1) is 0 Å². The molecule has 1 rings (SSSR count). The largest absolute Gasteiger partial charge is 0.468 e. The zero-order valence-electron chi connectivity index (χ0n) is 9.66. The second-order valence-corrected chi connectivity index (χ2v) is 3.06. The Kier molecular flexibility index (Phi) is 10.2. The standard InChI is InChI=1S/C10H13N3O3.2ClH/c1-16-8(14)6-13-10(15)9(11)7-3-2-4-12-5-7;;/h2-5,9H,6,11H2,1H3,(H,13,15);2*1H. The topological polar surface area (TPSA) is 94.3 Å². The lowest BCUT2D eigenvalue weighted by Crippen LogP contribution is -2.37. The number of carbonyl (C=O) groups excluding carboxylic acids is 2. The number of pyridine rings is 1. The van der Waals surface area contributed by atoms with Gasteiger partial charge >= 0.3 is 5.97 Å². The molecule has 1 aromatic heterocycles. The smallest absolute Gasteiger partial charge is 0.325 e. The number of methoxy groups -OCH3 is 1. The maximum atomic E-state index is 11.5. The summed E-state index contributed by atoms with van der Waals surface area (Å²) in [4.78, 5) is 26.1. The molecule has 0 saturated heterocycles. The molecule has 0 radical (unpaired) electrons. The SMILES string of the molecule is COC(=O)CNC(=O)C(N)c1cccnc1.Cl.Cl. The highest BCUT2D eigenvalue weighted by atomic mass is 35.5. The van der Waals surface area contributed by atoms with Crippen molar-refractivity contribution < 1.29 is 14.3 Å². The summed E-state index contributed by atoms with van der Waals surface area (Å²) >= 11 is 0. The van der Waals surface area contributed by atoms with Gasteiger partial charge in [0.1, 0.15) is 12.6 Å². The predicted molar refractivity (Wildman–Crippen MR) is 70.7 cm³/mol. The van der Waals surface area contributed by atoms with Crippen LogP contribution < -0.4 is 11.1 Å². The van der Waals surface area contributed by atoms with Crippen molar-refractivity contribution in [2.45, 2.75) is 6.04 Å². The van der Waals surface area contributed by atoms with E-state index in [2.05, 4.69) is 15.0 Å². The maximum Gasteiger partial charge on any atom is 0.325 e. The van der Waals surface area contributed by atoms with Gasteiger partial charge in [-0.1, -0.05) is 6.07 Å². The zero-order valence-corrected chi connectivity index (χ0v) is 11.3. The molecule has 102 valence electrons. The molecule has 0 saturated carbocycles. The molecule has 0 aliphatic carbocycles. The lowest BCUT2D eigenvalue weighted by atomic mass is 10.1. The second-order valence-electron chi connectivity index (χ2n) is 3.06. The predicted octanol–water partition coefficient (Wildman–Crippen LogP) is 0.214. The molecule has 0 bridgehead atoms. The molecule has 0 aliphatic rings. The Balaban J connectivity index is 0. The number of halogens is 2. The molecular formula is C10H15Cl2N3O3. The molecule has 1 heterocycles. The van der Waals surface area contributed by atoms with Crippen LogP contribution in [0.5, 0.6) is 0 Å². The number of hydrogen-bond acceptors (Lipinski definition) is 5. The van der Waals surface area contributed by atoms with Gasteiger partial charge < -0.3 is 15.8 Å². The van der Waals surface area contributed by atoms with Crippen molar-refractivity contribution in [1.82, 2.24) is 10.3 Å². The van der Waals surface area contributed by atoms with Gasteiger partial charge in [-0.3, -0.25) is 14.6 Å². The molecule has 3 N–H and O–H groups in total. The molecule has 0 spiro atoms. The third-order valence-electron chi connectivity index (χ3n) is 1.96. The van der Waals surface area contributed by atoms with Gasteiger partial charge in [-0.25, -0.2) is 0 Å². The average Bonchev–Trinajstić information content (AvgIpc) is 2.35. The van der Waals surface area contributed by atoms with E-state index in [1.165, 1.54) is 13.3 Å². The first-order chi connectivity index (χ1) is 7.65. The fraction of sp³-hybridized carbons (Fsp3) is 0.300. The van der Waals surface area contributed by atoms with Crippen LogP contribution in [0.1, 0.15) is 11.6 Å². The van der Waals surface area contributed by atoms with Crippen LogP contribution in [-0.4, -0.2) is 30.5 Å². The number of nitrogens with two attached hydrogens (primary N) is 1. The van der Waals surface area contributed by atoms with E-state index in [9.17, 15) is 9.59 Å². The Morgan fingerprint density at radius 2 is 2.17 bits per heavy atom. The Labute approximate surface area is 117 Å². The van der Waals surface area contributed by atoms with Crippen molar-refractivity contribution in [3.05, 3.63) is 30.1 Å². The fourth-order valence-electron chi connectivity index (χ4n) is 1.05. The van der Waals surface area contributed by atoms with E-state index in [1.54, 1.807) is 18.3 Å². The number of amides is 1. The van der Waals surface area contributed by atoms with E-state index in [0.717, 1.165) is 0 Å². The summed E-state index contributed by atoms with van der Waals surface area (Å²) in [6.07, 6.45) is 3.09. The molecule has 0 fully saturated rings. The van der Waals surface area contributed by atoms with Gasteiger partial charge in [0.05, 0.1) is 7.11 Å². The quantitative estimate of drug-likeness (QED) is 0.775. The van der Waals surface area contributed by atoms with Gasteiger partial charge in [0.15, 0.2) is 0 Å². The first kappa shape index (κ1) is 19.0. The summed E-state index contributed by atoms with van der Waals surface area (Å²) in [5.74, 6) is -0.967. The summed E-state index contributed by atoms with van der Waals surface area (Å²) in [5, 5.41) is 2.37. The fourth-order valence-corrected chi connectivity index (χ4v) is 1.05. The van der Waals surface area contributed by atoms with Crippen molar-refractivity contribution in [3.8, 4) is 0 Å². The van der Waals surface area contributed by atoms with Crippen LogP contribution in [0.25, 0.3) is 0 Å². The number of ether oxygens (including phenoxy) is 1. The number of hydrogen-bond donors (Lipinski definition) is 2. The van der Waals surface area contributed by atoms with E-state index in [4.69, 9.17) is 5.73 Å². The zero-order chi connectivity index (χ0) is 12.0. The first-order valence-electron chi connectivity index (χ1n) is 4.65. The van der Waals surface area contributed by atoms with Crippen LogP contribution in [0.3, 0.4) is 0 Å². The molecule has 18 heavy (non-hydrogen) atoms.